The molecule has 3 aromatic heterocycles. The number of amides is 1. The molecule has 1 saturated heterocycles. The lowest BCUT2D eigenvalue weighted by molar-refractivity contribution is -0.133. The Morgan fingerprint density at radius 1 is 1.16 bits per heavy atom. The lowest BCUT2D eigenvalue weighted by Crippen LogP contribution is -2.41. The molecule has 25 heavy (non-hydrogen) atoms. The Kier molecular flexibility index (Phi) is 4.03. The van der Waals surface area contributed by atoms with E-state index in [4.69, 9.17) is 0 Å². The summed E-state index contributed by atoms with van der Waals surface area (Å²) >= 11 is 0. The molecule has 0 aliphatic carbocycles. The van der Waals surface area contributed by atoms with Crippen LogP contribution in [0.5, 0.6) is 0 Å². The van der Waals surface area contributed by atoms with Gasteiger partial charge in [-0.3, -0.25) is 9.20 Å². The Labute approximate surface area is 147 Å². The monoisotopic (exact) mass is 337 g/mol. The van der Waals surface area contributed by atoms with Gasteiger partial charge in [-0.15, -0.1) is 10.2 Å². The van der Waals surface area contributed by atoms with Crippen molar-refractivity contribution in [3.05, 3.63) is 53.7 Å². The van der Waals surface area contributed by atoms with Crippen molar-refractivity contribution >= 4 is 11.6 Å². The van der Waals surface area contributed by atoms with Gasteiger partial charge in [-0.2, -0.15) is 0 Å². The van der Waals surface area contributed by atoms with Gasteiger partial charge in [0.1, 0.15) is 12.4 Å². The zero-order valence-electron chi connectivity index (χ0n) is 14.7. The van der Waals surface area contributed by atoms with Gasteiger partial charge in [-0.05, 0) is 51.0 Å². The van der Waals surface area contributed by atoms with E-state index in [0.29, 0.717) is 13.1 Å². The number of likely N-dealkylation sites (tertiary alicyclic amines) is 1. The molecule has 4 heterocycles. The van der Waals surface area contributed by atoms with Crippen LogP contribution in [-0.4, -0.2) is 43.1 Å². The maximum absolute atomic E-state index is 12.8. The molecule has 0 spiro atoms. The Bertz CT molecular complexity index is 890. The minimum absolute atomic E-state index is 0.181. The summed E-state index contributed by atoms with van der Waals surface area (Å²) in [6.07, 6.45) is 4.04. The number of nitrogens with zero attached hydrogens (tertiary/aromatic N) is 5. The zero-order valence-corrected chi connectivity index (χ0v) is 14.7. The molecule has 0 radical (unpaired) electrons. The van der Waals surface area contributed by atoms with Crippen LogP contribution in [0.1, 0.15) is 36.0 Å². The largest absolute Gasteiger partial charge is 0.340 e. The standard InChI is InChI=1S/C19H23N5O/c1-14-8-9-15(2)24(14)13-18(25)22-10-5-6-16(12-22)19-21-20-17-7-3-4-11-23(17)19/h3-4,7-9,11,16H,5-6,10,12-13H2,1-2H3. The van der Waals surface area contributed by atoms with Crippen molar-refractivity contribution < 1.29 is 4.79 Å². The molecule has 6 nitrogen and oxygen atoms in total. The van der Waals surface area contributed by atoms with Gasteiger partial charge in [0.05, 0.1) is 0 Å². The van der Waals surface area contributed by atoms with Crippen molar-refractivity contribution in [1.29, 1.82) is 0 Å². The highest BCUT2D eigenvalue weighted by Crippen LogP contribution is 2.26. The van der Waals surface area contributed by atoms with Gasteiger partial charge in [0.25, 0.3) is 0 Å². The van der Waals surface area contributed by atoms with Crippen LogP contribution in [0.2, 0.25) is 0 Å². The highest BCUT2D eigenvalue weighted by Gasteiger charge is 2.28. The number of aryl methyl sites for hydroxylation is 2. The van der Waals surface area contributed by atoms with E-state index in [-0.39, 0.29) is 11.8 Å². The third-order valence-electron chi connectivity index (χ3n) is 5.19. The van der Waals surface area contributed by atoms with Gasteiger partial charge in [-0.1, -0.05) is 6.07 Å². The van der Waals surface area contributed by atoms with Crippen LogP contribution in [0.15, 0.2) is 36.5 Å². The molecule has 0 N–H and O–H groups in total. The number of fused-ring (bicyclic) bond motifs is 1. The minimum atomic E-state index is 0.181. The van der Waals surface area contributed by atoms with E-state index >= 15 is 0 Å². The second-order valence-corrected chi connectivity index (χ2v) is 6.87. The molecular weight excluding hydrogens is 314 g/mol. The van der Waals surface area contributed by atoms with Crippen LogP contribution >= 0.6 is 0 Å². The molecule has 1 amide bonds. The predicted octanol–water partition coefficient (Wildman–Crippen LogP) is 2.55. The summed E-state index contributed by atoms with van der Waals surface area (Å²) in [6.45, 7) is 6.04. The summed E-state index contributed by atoms with van der Waals surface area (Å²) < 4.78 is 4.12. The maximum atomic E-state index is 12.8. The number of rotatable bonds is 3. The normalized spacial score (nSPS) is 18.0. The van der Waals surface area contributed by atoms with E-state index in [1.807, 2.05) is 47.5 Å². The van der Waals surface area contributed by atoms with E-state index < -0.39 is 0 Å². The fourth-order valence-electron chi connectivity index (χ4n) is 3.74. The summed E-state index contributed by atoms with van der Waals surface area (Å²) in [4.78, 5) is 14.8. The van der Waals surface area contributed by atoms with E-state index in [2.05, 4.69) is 26.9 Å². The molecule has 1 atom stereocenters. The molecule has 1 unspecified atom stereocenters. The van der Waals surface area contributed by atoms with Crippen molar-refractivity contribution in [2.45, 2.75) is 39.2 Å². The molecular formula is C19H23N5O. The highest BCUT2D eigenvalue weighted by molar-refractivity contribution is 5.76. The molecule has 130 valence electrons. The number of carbonyl (C=O) groups is 1. The maximum Gasteiger partial charge on any atom is 0.242 e. The van der Waals surface area contributed by atoms with Gasteiger partial charge in [0.15, 0.2) is 5.65 Å². The van der Waals surface area contributed by atoms with E-state index in [1.54, 1.807) is 0 Å². The molecule has 4 rings (SSSR count). The van der Waals surface area contributed by atoms with Gasteiger partial charge >= 0.3 is 0 Å². The first-order valence-electron chi connectivity index (χ1n) is 8.83. The topological polar surface area (TPSA) is 55.4 Å². The molecule has 0 saturated carbocycles. The van der Waals surface area contributed by atoms with Crippen molar-refractivity contribution in [3.63, 3.8) is 0 Å². The Morgan fingerprint density at radius 2 is 1.96 bits per heavy atom. The molecule has 1 aliphatic rings. The van der Waals surface area contributed by atoms with Crippen LogP contribution < -0.4 is 0 Å². The average Bonchev–Trinajstić information content (AvgIpc) is 3.20. The number of pyridine rings is 1. The van der Waals surface area contributed by atoms with Gasteiger partial charge in [0, 0.05) is 36.6 Å². The second-order valence-electron chi connectivity index (χ2n) is 6.87. The number of hydrogen-bond acceptors (Lipinski definition) is 3. The summed E-state index contributed by atoms with van der Waals surface area (Å²) in [5, 5.41) is 8.64. The summed E-state index contributed by atoms with van der Waals surface area (Å²) in [5.41, 5.74) is 3.12. The molecule has 0 bridgehead atoms. The van der Waals surface area contributed by atoms with Gasteiger partial charge in [0.2, 0.25) is 5.91 Å². The van der Waals surface area contributed by atoms with Crippen LogP contribution in [0, 0.1) is 13.8 Å². The van der Waals surface area contributed by atoms with Crippen LogP contribution in [0.25, 0.3) is 5.65 Å². The van der Waals surface area contributed by atoms with Crippen molar-refractivity contribution in [2.24, 2.45) is 0 Å². The van der Waals surface area contributed by atoms with Crippen LogP contribution in [0.3, 0.4) is 0 Å². The number of carbonyl (C=O) groups excluding carboxylic acids is 1. The lowest BCUT2D eigenvalue weighted by atomic mass is 9.97. The first-order chi connectivity index (χ1) is 12.1. The van der Waals surface area contributed by atoms with Crippen molar-refractivity contribution in [3.8, 4) is 0 Å². The smallest absolute Gasteiger partial charge is 0.242 e. The molecule has 1 fully saturated rings. The van der Waals surface area contributed by atoms with E-state index in [9.17, 15) is 4.79 Å². The first kappa shape index (κ1) is 15.9. The molecule has 0 aromatic carbocycles. The number of aromatic nitrogens is 4. The van der Waals surface area contributed by atoms with Crippen LogP contribution in [0.4, 0.5) is 0 Å². The average molecular weight is 337 g/mol. The molecule has 1 aliphatic heterocycles. The Morgan fingerprint density at radius 3 is 2.76 bits per heavy atom. The third kappa shape index (κ3) is 2.92. The quantitative estimate of drug-likeness (QED) is 0.738. The second kappa shape index (κ2) is 6.35. The summed E-state index contributed by atoms with van der Waals surface area (Å²) in [5.74, 6) is 1.38. The zero-order chi connectivity index (χ0) is 17.4. The fourth-order valence-corrected chi connectivity index (χ4v) is 3.74. The first-order valence-corrected chi connectivity index (χ1v) is 8.83. The van der Waals surface area contributed by atoms with Crippen molar-refractivity contribution in [2.75, 3.05) is 13.1 Å². The number of piperidine rings is 1. The SMILES string of the molecule is Cc1ccc(C)n1CC(=O)N1CCCC(c2nnc3ccccn23)C1. The summed E-state index contributed by atoms with van der Waals surface area (Å²) in [7, 11) is 0. The Hall–Kier alpha value is -2.63. The van der Waals surface area contributed by atoms with Crippen molar-refractivity contribution in [1.82, 2.24) is 24.1 Å². The molecule has 3 aromatic rings. The summed E-state index contributed by atoms with van der Waals surface area (Å²) in [6, 6.07) is 10.0. The third-order valence-corrected chi connectivity index (χ3v) is 5.19. The Balaban J connectivity index is 1.52. The minimum Gasteiger partial charge on any atom is -0.340 e. The lowest BCUT2D eigenvalue weighted by Gasteiger charge is -2.32. The van der Waals surface area contributed by atoms with E-state index in [0.717, 1.165) is 42.2 Å². The fraction of sp³-hybridized carbons (Fsp3) is 0.421. The van der Waals surface area contributed by atoms with Gasteiger partial charge < -0.3 is 9.47 Å². The highest BCUT2D eigenvalue weighted by atomic mass is 16.2. The number of hydrogen-bond donors (Lipinski definition) is 0. The van der Waals surface area contributed by atoms with Crippen LogP contribution in [-0.2, 0) is 11.3 Å². The van der Waals surface area contributed by atoms with E-state index in [1.165, 1.54) is 0 Å². The predicted molar refractivity (Wildman–Crippen MR) is 95.4 cm³/mol. The van der Waals surface area contributed by atoms with Gasteiger partial charge in [-0.25, -0.2) is 0 Å². The molecule has 6 heteroatoms.